The van der Waals surface area contributed by atoms with Crippen molar-refractivity contribution in [3.05, 3.63) is 61.5 Å². The first-order valence-electron chi connectivity index (χ1n) is 7.42. The molecular formula is C16H17BrN4O2. The van der Waals surface area contributed by atoms with Crippen LogP contribution in [0.2, 0.25) is 0 Å². The van der Waals surface area contributed by atoms with E-state index in [0.29, 0.717) is 24.3 Å². The number of nitrogens with zero attached hydrogens (tertiary/aromatic N) is 4. The monoisotopic (exact) mass is 376 g/mol. The topological polar surface area (TPSA) is 61.8 Å². The molecule has 2 aromatic heterocycles. The Balaban J connectivity index is 2.20. The smallest absolute Gasteiger partial charge is 0.320 e. The zero-order valence-electron chi connectivity index (χ0n) is 13.0. The van der Waals surface area contributed by atoms with Gasteiger partial charge >= 0.3 is 5.69 Å². The highest BCUT2D eigenvalue weighted by Gasteiger charge is 2.15. The Bertz CT molecular complexity index is 984. The molecule has 3 aromatic rings. The van der Waals surface area contributed by atoms with E-state index in [1.165, 1.54) is 9.13 Å². The zero-order valence-corrected chi connectivity index (χ0v) is 14.6. The molecule has 3 rings (SSSR count). The summed E-state index contributed by atoms with van der Waals surface area (Å²) in [6.07, 6.45) is 2.34. The van der Waals surface area contributed by atoms with Crippen LogP contribution in [0, 0.1) is 0 Å². The summed E-state index contributed by atoms with van der Waals surface area (Å²) in [6, 6.07) is 7.89. The van der Waals surface area contributed by atoms with Crippen molar-refractivity contribution in [2.24, 2.45) is 7.05 Å². The first kappa shape index (κ1) is 15.7. The summed E-state index contributed by atoms with van der Waals surface area (Å²) in [6.45, 7) is 2.87. The third kappa shape index (κ3) is 2.76. The minimum absolute atomic E-state index is 0.280. The van der Waals surface area contributed by atoms with Crippen LogP contribution in [0.3, 0.4) is 0 Å². The molecule has 0 atom stereocenters. The van der Waals surface area contributed by atoms with E-state index < -0.39 is 0 Å². The predicted molar refractivity (Wildman–Crippen MR) is 92.8 cm³/mol. The molecule has 7 heteroatoms. The number of hydrogen-bond acceptors (Lipinski definition) is 3. The van der Waals surface area contributed by atoms with Crippen LogP contribution < -0.4 is 11.2 Å². The van der Waals surface area contributed by atoms with Gasteiger partial charge in [0.15, 0.2) is 11.2 Å². The van der Waals surface area contributed by atoms with Gasteiger partial charge in [-0.05, 0) is 24.1 Å². The summed E-state index contributed by atoms with van der Waals surface area (Å²) in [5.74, 6) is 0. The Morgan fingerprint density at radius 3 is 2.74 bits per heavy atom. The average Bonchev–Trinajstić information content (AvgIpc) is 2.93. The second kappa shape index (κ2) is 6.16. The number of aryl methyl sites for hydroxylation is 1. The molecule has 0 saturated heterocycles. The lowest BCUT2D eigenvalue weighted by molar-refractivity contribution is 0.590. The Morgan fingerprint density at radius 2 is 2.04 bits per heavy atom. The van der Waals surface area contributed by atoms with Gasteiger partial charge in [-0.25, -0.2) is 9.78 Å². The molecule has 0 amide bonds. The lowest BCUT2D eigenvalue weighted by Gasteiger charge is -2.09. The molecule has 6 nitrogen and oxygen atoms in total. The maximum absolute atomic E-state index is 12.7. The van der Waals surface area contributed by atoms with Gasteiger partial charge in [0.2, 0.25) is 0 Å². The molecular weight excluding hydrogens is 360 g/mol. The van der Waals surface area contributed by atoms with E-state index >= 15 is 0 Å². The van der Waals surface area contributed by atoms with Gasteiger partial charge < -0.3 is 4.57 Å². The van der Waals surface area contributed by atoms with Gasteiger partial charge in [-0.3, -0.25) is 13.9 Å². The van der Waals surface area contributed by atoms with Crippen molar-refractivity contribution in [2.75, 3.05) is 0 Å². The van der Waals surface area contributed by atoms with Gasteiger partial charge in [-0.15, -0.1) is 0 Å². The first-order chi connectivity index (χ1) is 11.0. The van der Waals surface area contributed by atoms with Gasteiger partial charge in [-0.1, -0.05) is 35.0 Å². The van der Waals surface area contributed by atoms with Crippen molar-refractivity contribution in [1.82, 2.24) is 18.7 Å². The summed E-state index contributed by atoms with van der Waals surface area (Å²) >= 11 is 3.45. The van der Waals surface area contributed by atoms with Crippen LogP contribution in [0.4, 0.5) is 0 Å². The molecule has 0 aliphatic carbocycles. The second-order valence-electron chi connectivity index (χ2n) is 5.47. The summed E-state index contributed by atoms with van der Waals surface area (Å²) in [4.78, 5) is 29.2. The van der Waals surface area contributed by atoms with Crippen LogP contribution in [-0.2, 0) is 20.1 Å². The molecule has 0 spiro atoms. The van der Waals surface area contributed by atoms with Gasteiger partial charge in [0.05, 0.1) is 6.33 Å². The lowest BCUT2D eigenvalue weighted by atomic mass is 10.2. The molecule has 0 radical (unpaired) electrons. The van der Waals surface area contributed by atoms with Crippen LogP contribution in [0.5, 0.6) is 0 Å². The highest BCUT2D eigenvalue weighted by Crippen LogP contribution is 2.14. The predicted octanol–water partition coefficient (Wildman–Crippen LogP) is 2.12. The van der Waals surface area contributed by atoms with E-state index in [9.17, 15) is 9.59 Å². The number of benzene rings is 1. The number of imidazole rings is 1. The number of halogens is 1. The number of fused-ring (bicyclic) bond motifs is 1. The van der Waals surface area contributed by atoms with Crippen molar-refractivity contribution in [1.29, 1.82) is 0 Å². The minimum Gasteiger partial charge on any atom is -0.320 e. The first-order valence-corrected chi connectivity index (χ1v) is 8.21. The van der Waals surface area contributed by atoms with Crippen LogP contribution in [0.15, 0.2) is 44.7 Å². The highest BCUT2D eigenvalue weighted by atomic mass is 79.9. The van der Waals surface area contributed by atoms with E-state index in [2.05, 4.69) is 20.9 Å². The third-order valence-electron chi connectivity index (χ3n) is 3.79. The van der Waals surface area contributed by atoms with Gasteiger partial charge in [0.25, 0.3) is 5.56 Å². The molecule has 0 unspecified atom stereocenters. The fourth-order valence-corrected chi connectivity index (χ4v) is 3.14. The average molecular weight is 377 g/mol. The van der Waals surface area contributed by atoms with Crippen molar-refractivity contribution in [2.45, 2.75) is 26.4 Å². The Kier molecular flexibility index (Phi) is 4.21. The van der Waals surface area contributed by atoms with Gasteiger partial charge in [0, 0.05) is 24.6 Å². The second-order valence-corrected chi connectivity index (χ2v) is 6.39. The SMILES string of the molecule is CCCn1c(=O)c2c(ncn2Cc2cccc(Br)c2)n(C)c1=O. The minimum atomic E-state index is -0.322. The van der Waals surface area contributed by atoms with Crippen LogP contribution >= 0.6 is 15.9 Å². The highest BCUT2D eigenvalue weighted by molar-refractivity contribution is 9.10. The van der Waals surface area contributed by atoms with Crippen LogP contribution in [0.1, 0.15) is 18.9 Å². The standard InChI is InChI=1S/C16H17BrN4O2/c1-3-7-21-15(22)13-14(19(2)16(21)23)18-10-20(13)9-11-5-4-6-12(17)8-11/h4-6,8,10H,3,7,9H2,1-2H3. The largest absolute Gasteiger partial charge is 0.332 e. The fourth-order valence-electron chi connectivity index (χ4n) is 2.69. The molecule has 0 aliphatic rings. The van der Waals surface area contributed by atoms with Crippen LogP contribution in [-0.4, -0.2) is 18.7 Å². The molecule has 120 valence electrons. The molecule has 0 fully saturated rings. The Hall–Kier alpha value is -2.15. The molecule has 0 bridgehead atoms. The Labute approximate surface area is 141 Å². The van der Waals surface area contributed by atoms with Crippen molar-refractivity contribution in [3.63, 3.8) is 0 Å². The summed E-state index contributed by atoms with van der Waals surface area (Å²) in [5, 5.41) is 0. The molecule has 0 saturated carbocycles. The molecule has 23 heavy (non-hydrogen) atoms. The quantitative estimate of drug-likeness (QED) is 0.700. The van der Waals surface area contributed by atoms with E-state index in [0.717, 1.165) is 16.5 Å². The lowest BCUT2D eigenvalue weighted by Crippen LogP contribution is -2.39. The van der Waals surface area contributed by atoms with Gasteiger partial charge in [-0.2, -0.15) is 0 Å². The number of rotatable bonds is 4. The van der Waals surface area contributed by atoms with Crippen molar-refractivity contribution < 1.29 is 0 Å². The normalized spacial score (nSPS) is 11.3. The zero-order chi connectivity index (χ0) is 16.6. The van der Waals surface area contributed by atoms with Crippen LogP contribution in [0.25, 0.3) is 11.2 Å². The third-order valence-corrected chi connectivity index (χ3v) is 4.28. The van der Waals surface area contributed by atoms with E-state index in [4.69, 9.17) is 0 Å². The fraction of sp³-hybridized carbons (Fsp3) is 0.312. The van der Waals surface area contributed by atoms with E-state index in [1.807, 2.05) is 31.2 Å². The van der Waals surface area contributed by atoms with E-state index in [-0.39, 0.29) is 11.2 Å². The van der Waals surface area contributed by atoms with Gasteiger partial charge in [0.1, 0.15) is 0 Å². The summed E-state index contributed by atoms with van der Waals surface area (Å²) < 4.78 is 5.49. The molecule has 0 aliphatic heterocycles. The molecule has 0 N–H and O–H groups in total. The maximum atomic E-state index is 12.7. The maximum Gasteiger partial charge on any atom is 0.332 e. The molecule has 1 aromatic carbocycles. The van der Waals surface area contributed by atoms with Crippen molar-refractivity contribution >= 4 is 27.1 Å². The van der Waals surface area contributed by atoms with Crippen molar-refractivity contribution in [3.8, 4) is 0 Å². The number of aromatic nitrogens is 4. The van der Waals surface area contributed by atoms with E-state index in [1.54, 1.807) is 17.9 Å². The summed E-state index contributed by atoms with van der Waals surface area (Å²) in [5.41, 5.74) is 1.33. The number of hydrogen-bond donors (Lipinski definition) is 0. The summed E-state index contributed by atoms with van der Waals surface area (Å²) in [7, 11) is 1.65. The molecule has 2 heterocycles. The Morgan fingerprint density at radius 1 is 1.26 bits per heavy atom.